The Hall–Kier alpha value is 0.290. The van der Waals surface area contributed by atoms with Gasteiger partial charge < -0.3 is 11.1 Å². The second kappa shape index (κ2) is 6.78. The zero-order valence-electron chi connectivity index (χ0n) is 8.52. The topological polar surface area (TPSA) is 38.0 Å². The third-order valence-electron chi connectivity index (χ3n) is 1.89. The average Bonchev–Trinajstić information content (AvgIpc) is 2.21. The number of rotatable bonds is 5. The van der Waals surface area contributed by atoms with Crippen molar-refractivity contribution in [3.63, 3.8) is 0 Å². The molecular formula is C10H14Br2N2S. The number of hydrogen-bond donors (Lipinski definition) is 2. The maximum Gasteiger partial charge on any atom is 0.0603 e. The summed E-state index contributed by atoms with van der Waals surface area (Å²) in [5, 5.41) is 3.13. The van der Waals surface area contributed by atoms with E-state index in [1.165, 1.54) is 11.3 Å². The van der Waals surface area contributed by atoms with Gasteiger partial charge in [-0.15, -0.1) is 11.8 Å². The van der Waals surface area contributed by atoms with Crippen molar-refractivity contribution >= 4 is 49.3 Å². The number of nitrogens with two attached hydrogens (primary N) is 1. The number of benzene rings is 1. The zero-order valence-corrected chi connectivity index (χ0v) is 12.5. The van der Waals surface area contributed by atoms with Crippen LogP contribution in [0.15, 0.2) is 26.0 Å². The molecule has 1 rings (SSSR count). The molecule has 0 radical (unpaired) electrons. The minimum atomic E-state index is 0.759. The third kappa shape index (κ3) is 4.34. The summed E-state index contributed by atoms with van der Waals surface area (Å²) < 4.78 is 1.90. The SMILES string of the molecule is CNCCCSc1cc(Br)c(N)c(Br)c1. The van der Waals surface area contributed by atoms with Gasteiger partial charge in [0, 0.05) is 13.8 Å². The van der Waals surface area contributed by atoms with E-state index in [9.17, 15) is 0 Å². The lowest BCUT2D eigenvalue weighted by molar-refractivity contribution is 0.778. The molecule has 0 fully saturated rings. The molecule has 0 aliphatic heterocycles. The second-order valence-electron chi connectivity index (χ2n) is 3.11. The first-order valence-electron chi connectivity index (χ1n) is 4.67. The van der Waals surface area contributed by atoms with Crippen molar-refractivity contribution < 1.29 is 0 Å². The fourth-order valence-corrected chi connectivity index (χ4v) is 3.50. The highest BCUT2D eigenvalue weighted by molar-refractivity contribution is 9.11. The predicted octanol–water partition coefficient (Wildman–Crippen LogP) is 3.50. The van der Waals surface area contributed by atoms with Crippen LogP contribution in [0.2, 0.25) is 0 Å². The summed E-state index contributed by atoms with van der Waals surface area (Å²) in [5.41, 5.74) is 6.57. The van der Waals surface area contributed by atoms with E-state index in [1.807, 2.05) is 18.8 Å². The summed E-state index contributed by atoms with van der Waals surface area (Å²) in [5.74, 6) is 1.11. The van der Waals surface area contributed by atoms with Gasteiger partial charge >= 0.3 is 0 Å². The monoisotopic (exact) mass is 352 g/mol. The standard InChI is InChI=1S/C10H14Br2N2S/c1-14-3-2-4-15-7-5-8(11)10(13)9(12)6-7/h5-6,14H,2-4,13H2,1H3. The van der Waals surface area contributed by atoms with Gasteiger partial charge in [0.15, 0.2) is 0 Å². The molecule has 2 nitrogen and oxygen atoms in total. The fourth-order valence-electron chi connectivity index (χ4n) is 1.08. The summed E-state index contributed by atoms with van der Waals surface area (Å²) in [6.45, 7) is 1.06. The molecule has 0 heterocycles. The molecule has 0 aliphatic rings. The molecule has 1 aromatic carbocycles. The number of nitrogens with one attached hydrogen (secondary N) is 1. The van der Waals surface area contributed by atoms with Crippen LogP contribution in [0.1, 0.15) is 6.42 Å². The van der Waals surface area contributed by atoms with Gasteiger partial charge in [0.2, 0.25) is 0 Å². The minimum absolute atomic E-state index is 0.759. The highest BCUT2D eigenvalue weighted by atomic mass is 79.9. The van der Waals surface area contributed by atoms with Crippen molar-refractivity contribution in [3.8, 4) is 0 Å². The van der Waals surface area contributed by atoms with Gasteiger partial charge in [0.25, 0.3) is 0 Å². The third-order valence-corrected chi connectivity index (χ3v) is 4.27. The van der Waals surface area contributed by atoms with Crippen LogP contribution in [0, 0.1) is 0 Å². The molecule has 0 spiro atoms. The van der Waals surface area contributed by atoms with Crippen molar-refractivity contribution in [1.29, 1.82) is 0 Å². The van der Waals surface area contributed by atoms with Gasteiger partial charge in [-0.3, -0.25) is 0 Å². The van der Waals surface area contributed by atoms with E-state index in [4.69, 9.17) is 5.73 Å². The minimum Gasteiger partial charge on any atom is -0.397 e. The molecule has 0 saturated carbocycles. The summed E-state index contributed by atoms with van der Waals surface area (Å²) >= 11 is 8.72. The largest absolute Gasteiger partial charge is 0.397 e. The molecule has 84 valence electrons. The first-order chi connectivity index (χ1) is 7.15. The molecule has 15 heavy (non-hydrogen) atoms. The molecule has 0 aromatic heterocycles. The second-order valence-corrected chi connectivity index (χ2v) is 5.98. The lowest BCUT2D eigenvalue weighted by Crippen LogP contribution is -2.07. The maximum absolute atomic E-state index is 5.81. The van der Waals surface area contributed by atoms with Crippen molar-refractivity contribution in [2.75, 3.05) is 25.1 Å². The van der Waals surface area contributed by atoms with Crippen molar-refractivity contribution in [1.82, 2.24) is 5.32 Å². The predicted molar refractivity (Wildman–Crippen MR) is 75.5 cm³/mol. The molecule has 3 N–H and O–H groups in total. The van der Waals surface area contributed by atoms with Gasteiger partial charge in [0.1, 0.15) is 0 Å². The van der Waals surface area contributed by atoms with E-state index in [0.29, 0.717) is 0 Å². The summed E-state index contributed by atoms with van der Waals surface area (Å²) in [6.07, 6.45) is 1.17. The molecule has 0 amide bonds. The Balaban J connectivity index is 2.55. The van der Waals surface area contributed by atoms with E-state index < -0.39 is 0 Å². The smallest absolute Gasteiger partial charge is 0.0603 e. The van der Waals surface area contributed by atoms with E-state index in [2.05, 4.69) is 49.3 Å². The number of hydrogen-bond acceptors (Lipinski definition) is 3. The zero-order chi connectivity index (χ0) is 11.3. The maximum atomic E-state index is 5.81. The first-order valence-corrected chi connectivity index (χ1v) is 7.24. The van der Waals surface area contributed by atoms with Crippen LogP contribution >= 0.6 is 43.6 Å². The van der Waals surface area contributed by atoms with E-state index in [0.717, 1.165) is 26.9 Å². The van der Waals surface area contributed by atoms with E-state index in [-0.39, 0.29) is 0 Å². The van der Waals surface area contributed by atoms with Crippen molar-refractivity contribution in [3.05, 3.63) is 21.1 Å². The Morgan fingerprint density at radius 1 is 1.33 bits per heavy atom. The van der Waals surface area contributed by atoms with Crippen LogP contribution < -0.4 is 11.1 Å². The van der Waals surface area contributed by atoms with Crippen LogP contribution in [0.25, 0.3) is 0 Å². The Labute approximate surface area is 112 Å². The normalized spacial score (nSPS) is 10.6. The van der Waals surface area contributed by atoms with Crippen molar-refractivity contribution in [2.45, 2.75) is 11.3 Å². The Bertz CT molecular complexity index is 308. The van der Waals surface area contributed by atoms with Gasteiger partial charge in [-0.2, -0.15) is 0 Å². The number of nitrogen functional groups attached to an aromatic ring is 1. The fraction of sp³-hybridized carbons (Fsp3) is 0.400. The number of anilines is 1. The summed E-state index contributed by atoms with van der Waals surface area (Å²) in [4.78, 5) is 1.24. The summed E-state index contributed by atoms with van der Waals surface area (Å²) in [6, 6.07) is 4.12. The Morgan fingerprint density at radius 2 is 1.93 bits per heavy atom. The molecule has 0 saturated heterocycles. The quantitative estimate of drug-likeness (QED) is 0.483. The van der Waals surface area contributed by atoms with Crippen molar-refractivity contribution in [2.24, 2.45) is 0 Å². The Kier molecular flexibility index (Phi) is 6.04. The van der Waals surface area contributed by atoms with E-state index >= 15 is 0 Å². The average molecular weight is 354 g/mol. The lowest BCUT2D eigenvalue weighted by Gasteiger charge is -2.06. The van der Waals surface area contributed by atoms with Crippen LogP contribution in [-0.2, 0) is 0 Å². The van der Waals surface area contributed by atoms with Gasteiger partial charge in [-0.1, -0.05) is 0 Å². The summed E-state index contributed by atoms with van der Waals surface area (Å²) in [7, 11) is 1.97. The molecule has 5 heteroatoms. The first kappa shape index (κ1) is 13.4. The molecule has 0 atom stereocenters. The molecule has 0 aliphatic carbocycles. The van der Waals surface area contributed by atoms with Crippen LogP contribution in [0.5, 0.6) is 0 Å². The highest BCUT2D eigenvalue weighted by Crippen LogP contribution is 2.33. The van der Waals surface area contributed by atoms with Crippen LogP contribution in [-0.4, -0.2) is 19.3 Å². The lowest BCUT2D eigenvalue weighted by atomic mass is 10.3. The molecule has 0 unspecified atom stereocenters. The highest BCUT2D eigenvalue weighted by Gasteiger charge is 2.04. The van der Waals surface area contributed by atoms with Gasteiger partial charge in [0.05, 0.1) is 5.69 Å². The molecule has 1 aromatic rings. The number of halogens is 2. The van der Waals surface area contributed by atoms with Gasteiger partial charge in [-0.05, 0) is 69.8 Å². The number of thioether (sulfide) groups is 1. The molecular weight excluding hydrogens is 340 g/mol. The molecule has 0 bridgehead atoms. The van der Waals surface area contributed by atoms with Gasteiger partial charge in [-0.25, -0.2) is 0 Å². The van der Waals surface area contributed by atoms with Crippen LogP contribution in [0.4, 0.5) is 5.69 Å². The van der Waals surface area contributed by atoms with E-state index in [1.54, 1.807) is 0 Å². The van der Waals surface area contributed by atoms with Crippen LogP contribution in [0.3, 0.4) is 0 Å². The Morgan fingerprint density at radius 3 is 2.47 bits per heavy atom.